The van der Waals surface area contributed by atoms with Crippen LogP contribution in [0.4, 0.5) is 0 Å². The second-order valence-corrected chi connectivity index (χ2v) is 12.0. The van der Waals surface area contributed by atoms with Crippen molar-refractivity contribution in [1.82, 2.24) is 0 Å². The SMILES string of the molecule is C=Cc1c(/C=C\C)sc2c(-c3cc(C(=O)OCC)c(-c4cccc5c4sc4ccccc45)cc3C(=O)OCC)cccc12. The summed E-state index contributed by atoms with van der Waals surface area (Å²) in [5.74, 6) is -0.879. The number of thiophene rings is 2. The average Bonchev–Trinajstić information content (AvgIpc) is 3.58. The quantitative estimate of drug-likeness (QED) is 0.163. The van der Waals surface area contributed by atoms with Gasteiger partial charge in [0.05, 0.1) is 24.3 Å². The zero-order chi connectivity index (χ0) is 30.1. The first-order valence-corrected chi connectivity index (χ1v) is 15.9. The van der Waals surface area contributed by atoms with Gasteiger partial charge in [0, 0.05) is 46.3 Å². The van der Waals surface area contributed by atoms with Crippen molar-refractivity contribution < 1.29 is 19.1 Å². The minimum absolute atomic E-state index is 0.231. The highest BCUT2D eigenvalue weighted by atomic mass is 32.1. The number of carbonyl (C=O) groups excluding carboxylic acids is 2. The van der Waals surface area contributed by atoms with Crippen molar-refractivity contribution in [2.45, 2.75) is 20.8 Å². The Kier molecular flexibility index (Phi) is 7.98. The number of carbonyl (C=O) groups is 2. The molecule has 0 aliphatic rings. The van der Waals surface area contributed by atoms with E-state index in [4.69, 9.17) is 9.47 Å². The molecule has 0 atom stereocenters. The summed E-state index contributed by atoms with van der Waals surface area (Å²) in [5, 5.41) is 3.30. The fraction of sp³-hybridized carbons (Fsp3) is 0.135. The van der Waals surface area contributed by atoms with Crippen molar-refractivity contribution in [3.8, 4) is 22.3 Å². The Morgan fingerprint density at radius 3 is 1.86 bits per heavy atom. The molecule has 4 nitrogen and oxygen atoms in total. The lowest BCUT2D eigenvalue weighted by molar-refractivity contribution is 0.0513. The van der Waals surface area contributed by atoms with Gasteiger partial charge in [0.1, 0.15) is 0 Å². The normalized spacial score (nSPS) is 11.5. The zero-order valence-corrected chi connectivity index (χ0v) is 25.9. The van der Waals surface area contributed by atoms with Crippen molar-refractivity contribution in [2.24, 2.45) is 0 Å². The molecule has 0 aliphatic carbocycles. The first-order chi connectivity index (χ1) is 21.0. The van der Waals surface area contributed by atoms with Crippen LogP contribution in [-0.2, 0) is 9.47 Å². The molecular formula is C37H30O4S2. The van der Waals surface area contributed by atoms with Crippen LogP contribution in [0.2, 0.25) is 0 Å². The van der Waals surface area contributed by atoms with Crippen molar-refractivity contribution in [3.05, 3.63) is 107 Å². The van der Waals surface area contributed by atoms with Crippen LogP contribution in [0.15, 0.2) is 85.5 Å². The van der Waals surface area contributed by atoms with Gasteiger partial charge in [0.25, 0.3) is 0 Å². The summed E-state index contributed by atoms with van der Waals surface area (Å²) in [5.41, 5.74) is 4.83. The van der Waals surface area contributed by atoms with Gasteiger partial charge in [-0.2, -0.15) is 0 Å². The molecule has 6 rings (SSSR count). The van der Waals surface area contributed by atoms with Gasteiger partial charge >= 0.3 is 11.9 Å². The molecule has 0 spiro atoms. The topological polar surface area (TPSA) is 52.6 Å². The number of benzene rings is 4. The molecule has 43 heavy (non-hydrogen) atoms. The Morgan fingerprint density at radius 1 is 0.721 bits per heavy atom. The van der Waals surface area contributed by atoms with Crippen molar-refractivity contribution in [3.63, 3.8) is 0 Å². The molecular weight excluding hydrogens is 573 g/mol. The number of hydrogen-bond donors (Lipinski definition) is 0. The monoisotopic (exact) mass is 602 g/mol. The van der Waals surface area contributed by atoms with E-state index in [1.54, 1.807) is 36.5 Å². The Morgan fingerprint density at radius 2 is 1.28 bits per heavy atom. The fourth-order valence-electron chi connectivity index (χ4n) is 5.61. The largest absolute Gasteiger partial charge is 0.462 e. The third kappa shape index (κ3) is 4.97. The lowest BCUT2D eigenvalue weighted by atomic mass is 9.89. The number of esters is 2. The van der Waals surface area contributed by atoms with E-state index in [0.29, 0.717) is 22.3 Å². The molecule has 0 fully saturated rings. The first kappa shape index (κ1) is 28.6. The van der Waals surface area contributed by atoms with Crippen LogP contribution in [0.1, 0.15) is 51.9 Å². The minimum Gasteiger partial charge on any atom is -0.462 e. The summed E-state index contributed by atoms with van der Waals surface area (Å²) in [6.07, 6.45) is 5.93. The van der Waals surface area contributed by atoms with Crippen LogP contribution in [0.25, 0.3) is 64.7 Å². The van der Waals surface area contributed by atoms with Gasteiger partial charge in [0.15, 0.2) is 0 Å². The first-order valence-electron chi connectivity index (χ1n) is 14.2. The van der Waals surface area contributed by atoms with Crippen molar-refractivity contribution >= 4 is 77.0 Å². The lowest BCUT2D eigenvalue weighted by Crippen LogP contribution is -2.12. The summed E-state index contributed by atoms with van der Waals surface area (Å²) < 4.78 is 14.4. The maximum atomic E-state index is 13.6. The lowest BCUT2D eigenvalue weighted by Gasteiger charge is -2.17. The molecule has 0 radical (unpaired) electrons. The maximum absolute atomic E-state index is 13.6. The molecule has 0 saturated heterocycles. The van der Waals surface area contributed by atoms with Crippen molar-refractivity contribution in [2.75, 3.05) is 13.2 Å². The van der Waals surface area contributed by atoms with E-state index >= 15 is 0 Å². The van der Waals surface area contributed by atoms with E-state index in [9.17, 15) is 9.59 Å². The molecule has 0 amide bonds. The van der Waals surface area contributed by atoms with E-state index in [1.807, 2.05) is 67.6 Å². The van der Waals surface area contributed by atoms with E-state index in [1.165, 1.54) is 0 Å². The van der Waals surface area contributed by atoms with E-state index in [0.717, 1.165) is 51.8 Å². The third-order valence-electron chi connectivity index (χ3n) is 7.44. The Balaban J connectivity index is 1.70. The third-order valence-corrected chi connectivity index (χ3v) is 9.88. The van der Waals surface area contributed by atoms with E-state index in [2.05, 4.69) is 36.9 Å². The number of hydrogen-bond acceptors (Lipinski definition) is 6. The molecule has 0 N–H and O–H groups in total. The molecule has 0 unspecified atom stereocenters. The number of allylic oxidation sites excluding steroid dienone is 1. The van der Waals surface area contributed by atoms with Gasteiger partial charge in [-0.1, -0.05) is 73.3 Å². The molecule has 0 saturated carbocycles. The predicted octanol–water partition coefficient (Wildman–Crippen LogP) is 10.6. The van der Waals surface area contributed by atoms with Gasteiger partial charge in [-0.25, -0.2) is 9.59 Å². The summed E-state index contributed by atoms with van der Waals surface area (Å²) in [7, 11) is 0. The average molecular weight is 603 g/mol. The molecule has 0 bridgehead atoms. The molecule has 214 valence electrons. The molecule has 6 aromatic rings. The van der Waals surface area contributed by atoms with Crippen LogP contribution >= 0.6 is 22.7 Å². The van der Waals surface area contributed by atoms with Crippen molar-refractivity contribution in [1.29, 1.82) is 0 Å². The van der Waals surface area contributed by atoms with Crippen LogP contribution < -0.4 is 0 Å². The number of ether oxygens (including phenoxy) is 2. The van der Waals surface area contributed by atoms with Gasteiger partial charge < -0.3 is 9.47 Å². The maximum Gasteiger partial charge on any atom is 0.338 e. The van der Waals surface area contributed by atoms with Gasteiger partial charge in [0.2, 0.25) is 0 Å². The number of fused-ring (bicyclic) bond motifs is 4. The van der Waals surface area contributed by atoms with Crippen LogP contribution in [0, 0.1) is 0 Å². The summed E-state index contributed by atoms with van der Waals surface area (Å²) in [6.45, 7) is 10.1. The highest BCUT2D eigenvalue weighted by molar-refractivity contribution is 7.26. The molecule has 2 heterocycles. The minimum atomic E-state index is -0.441. The highest BCUT2D eigenvalue weighted by Gasteiger charge is 2.26. The van der Waals surface area contributed by atoms with Crippen LogP contribution in [0.3, 0.4) is 0 Å². The number of rotatable bonds is 8. The second-order valence-electron chi connectivity index (χ2n) is 9.93. The fourth-order valence-corrected chi connectivity index (χ4v) is 8.15. The van der Waals surface area contributed by atoms with Gasteiger partial charge in [-0.05, 0) is 61.7 Å². The van der Waals surface area contributed by atoms with Crippen LogP contribution in [-0.4, -0.2) is 25.2 Å². The molecule has 0 aliphatic heterocycles. The molecule has 4 aromatic carbocycles. The summed E-state index contributed by atoms with van der Waals surface area (Å²) >= 11 is 3.31. The van der Waals surface area contributed by atoms with Crippen LogP contribution in [0.5, 0.6) is 0 Å². The highest BCUT2D eigenvalue weighted by Crippen LogP contribution is 2.45. The summed E-state index contributed by atoms with van der Waals surface area (Å²) in [4.78, 5) is 28.4. The smallest absolute Gasteiger partial charge is 0.338 e. The van der Waals surface area contributed by atoms with Gasteiger partial charge in [-0.3, -0.25) is 0 Å². The molecule has 6 heteroatoms. The predicted molar refractivity (Wildman–Crippen MR) is 182 cm³/mol. The van der Waals surface area contributed by atoms with Gasteiger partial charge in [-0.15, -0.1) is 22.7 Å². The Bertz CT molecular complexity index is 2080. The second kappa shape index (κ2) is 12.0. The Hall–Kier alpha value is -4.52. The molecule has 2 aromatic heterocycles. The zero-order valence-electron chi connectivity index (χ0n) is 24.2. The van der Waals surface area contributed by atoms with E-state index in [-0.39, 0.29) is 13.2 Å². The summed E-state index contributed by atoms with van der Waals surface area (Å²) in [6, 6.07) is 24.0. The Labute approximate surface area is 258 Å². The standard InChI is InChI=1S/C37H30O4S2/c1-5-13-32-22(6-2)24-15-11-17-26(34(24)42-32)28-20-31(37(39)41-8-4)29(21-30(28)36(38)40-7-3)27-18-12-16-25-23-14-9-10-19-33(23)43-35(25)27/h5-6,9-21H,2,7-8H2,1,3-4H3/b13-5-. The van der Waals surface area contributed by atoms with E-state index < -0.39 is 11.9 Å².